The predicted molar refractivity (Wildman–Crippen MR) is 94.9 cm³/mol. The van der Waals surface area contributed by atoms with Crippen molar-refractivity contribution in [1.82, 2.24) is 9.97 Å². The lowest BCUT2D eigenvalue weighted by Crippen LogP contribution is -2.23. The van der Waals surface area contributed by atoms with Gasteiger partial charge in [0.25, 0.3) is 0 Å². The molecule has 22 heavy (non-hydrogen) atoms. The first-order chi connectivity index (χ1) is 10.7. The smallest absolute Gasteiger partial charge is 0.141 e. The van der Waals surface area contributed by atoms with Crippen LogP contribution in [0.5, 0.6) is 0 Å². The molecule has 0 fully saturated rings. The van der Waals surface area contributed by atoms with Crippen LogP contribution in [0.1, 0.15) is 12.5 Å². The normalized spacial score (nSPS) is 10.9. The summed E-state index contributed by atoms with van der Waals surface area (Å²) in [5.41, 5.74) is 2.50. The molecule has 0 saturated heterocycles. The van der Waals surface area contributed by atoms with Crippen molar-refractivity contribution in [3.05, 3.63) is 47.6 Å². The number of nitrogens with zero attached hydrogens (tertiary/aromatic N) is 4. The van der Waals surface area contributed by atoms with E-state index in [0.717, 1.165) is 29.1 Å². The molecule has 0 aliphatic rings. The van der Waals surface area contributed by atoms with Gasteiger partial charge in [-0.05, 0) is 36.1 Å². The Bertz CT molecular complexity index is 749. The van der Waals surface area contributed by atoms with Crippen molar-refractivity contribution in [1.29, 1.82) is 0 Å². The second-order valence-electron chi connectivity index (χ2n) is 5.41. The van der Waals surface area contributed by atoms with Gasteiger partial charge >= 0.3 is 0 Å². The Hall–Kier alpha value is -2.14. The fraction of sp³-hybridized carbons (Fsp3) is 0.294. The quantitative estimate of drug-likeness (QED) is 0.717. The van der Waals surface area contributed by atoms with Crippen LogP contribution in [0.25, 0.3) is 10.2 Å². The lowest BCUT2D eigenvalue weighted by Gasteiger charge is -2.23. The highest BCUT2D eigenvalue weighted by atomic mass is 32.1. The maximum absolute atomic E-state index is 4.51. The Morgan fingerprint density at radius 3 is 2.50 bits per heavy atom. The van der Waals surface area contributed by atoms with Gasteiger partial charge in [0.1, 0.15) is 17.0 Å². The van der Waals surface area contributed by atoms with E-state index in [1.54, 1.807) is 17.7 Å². The maximum Gasteiger partial charge on any atom is 0.141 e. The minimum Gasteiger partial charge on any atom is -0.378 e. The summed E-state index contributed by atoms with van der Waals surface area (Å²) in [5.74, 6) is 1.02. The first-order valence-corrected chi connectivity index (χ1v) is 8.26. The SMILES string of the molecule is CCN(Cc1ccc(N(C)C)cc1)c1ncnc2sccc12. The number of benzene rings is 1. The van der Waals surface area contributed by atoms with Gasteiger partial charge in [0.2, 0.25) is 0 Å². The summed E-state index contributed by atoms with van der Waals surface area (Å²) >= 11 is 1.66. The lowest BCUT2D eigenvalue weighted by atomic mass is 10.2. The van der Waals surface area contributed by atoms with Crippen molar-refractivity contribution in [2.75, 3.05) is 30.4 Å². The molecular formula is C17H20N4S. The molecule has 114 valence electrons. The third-order valence-electron chi connectivity index (χ3n) is 3.75. The molecule has 3 rings (SSSR count). The van der Waals surface area contributed by atoms with Crippen LogP contribution in [-0.2, 0) is 6.54 Å². The molecule has 4 nitrogen and oxygen atoms in total. The molecule has 0 spiro atoms. The maximum atomic E-state index is 4.51. The Morgan fingerprint density at radius 2 is 1.82 bits per heavy atom. The number of fused-ring (bicyclic) bond motifs is 1. The number of hydrogen-bond donors (Lipinski definition) is 0. The standard InChI is InChI=1S/C17H20N4S/c1-4-21(11-13-5-7-14(8-6-13)20(2)3)16-15-9-10-22-17(15)19-12-18-16/h5-10,12H,4,11H2,1-3H3. The Balaban J connectivity index is 1.87. The monoisotopic (exact) mass is 312 g/mol. The number of hydrogen-bond acceptors (Lipinski definition) is 5. The van der Waals surface area contributed by atoms with Crippen molar-refractivity contribution >= 4 is 33.1 Å². The second kappa shape index (κ2) is 6.32. The summed E-state index contributed by atoms with van der Waals surface area (Å²) < 4.78 is 0. The zero-order chi connectivity index (χ0) is 15.5. The molecule has 0 amide bonds. The molecule has 0 radical (unpaired) electrons. The van der Waals surface area contributed by atoms with Gasteiger partial charge in [0.05, 0.1) is 5.39 Å². The van der Waals surface area contributed by atoms with E-state index in [4.69, 9.17) is 0 Å². The van der Waals surface area contributed by atoms with E-state index in [2.05, 4.69) is 76.5 Å². The highest BCUT2D eigenvalue weighted by Crippen LogP contribution is 2.27. The fourth-order valence-electron chi connectivity index (χ4n) is 2.49. The summed E-state index contributed by atoms with van der Waals surface area (Å²) in [7, 11) is 4.11. The van der Waals surface area contributed by atoms with E-state index in [0.29, 0.717) is 0 Å². The molecular weight excluding hydrogens is 292 g/mol. The average molecular weight is 312 g/mol. The van der Waals surface area contributed by atoms with Gasteiger partial charge in [-0.25, -0.2) is 9.97 Å². The summed E-state index contributed by atoms with van der Waals surface area (Å²) in [6.45, 7) is 3.93. The molecule has 2 heterocycles. The molecule has 0 atom stereocenters. The van der Waals surface area contributed by atoms with Gasteiger partial charge in [-0.15, -0.1) is 11.3 Å². The van der Waals surface area contributed by atoms with E-state index in [1.807, 2.05) is 0 Å². The van der Waals surface area contributed by atoms with Gasteiger partial charge in [-0.1, -0.05) is 12.1 Å². The summed E-state index contributed by atoms with van der Waals surface area (Å²) in [5, 5.41) is 3.21. The first-order valence-electron chi connectivity index (χ1n) is 7.38. The van der Waals surface area contributed by atoms with Crippen molar-refractivity contribution in [3.8, 4) is 0 Å². The molecule has 0 unspecified atom stereocenters. The molecule has 0 saturated carbocycles. The van der Waals surface area contributed by atoms with Crippen LogP contribution in [-0.4, -0.2) is 30.6 Å². The fourth-order valence-corrected chi connectivity index (χ4v) is 3.21. The van der Waals surface area contributed by atoms with Gasteiger partial charge < -0.3 is 9.80 Å². The van der Waals surface area contributed by atoms with E-state index in [9.17, 15) is 0 Å². The van der Waals surface area contributed by atoms with Crippen molar-refractivity contribution in [2.24, 2.45) is 0 Å². The molecule has 0 bridgehead atoms. The predicted octanol–water partition coefficient (Wildman–Crippen LogP) is 3.78. The van der Waals surface area contributed by atoms with Gasteiger partial charge in [0.15, 0.2) is 0 Å². The van der Waals surface area contributed by atoms with Crippen LogP contribution in [0.2, 0.25) is 0 Å². The highest BCUT2D eigenvalue weighted by molar-refractivity contribution is 7.16. The molecule has 0 aliphatic heterocycles. The van der Waals surface area contributed by atoms with Gasteiger partial charge in [-0.2, -0.15) is 0 Å². The minimum atomic E-state index is 0.853. The number of aromatic nitrogens is 2. The zero-order valence-corrected chi connectivity index (χ0v) is 14.0. The number of thiophene rings is 1. The minimum absolute atomic E-state index is 0.853. The van der Waals surface area contributed by atoms with E-state index < -0.39 is 0 Å². The van der Waals surface area contributed by atoms with E-state index in [1.165, 1.54) is 11.3 Å². The third-order valence-corrected chi connectivity index (χ3v) is 4.57. The highest BCUT2D eigenvalue weighted by Gasteiger charge is 2.12. The Labute approximate surface area is 135 Å². The van der Waals surface area contributed by atoms with Gasteiger partial charge in [0, 0.05) is 32.9 Å². The Kier molecular flexibility index (Phi) is 4.24. The molecule has 2 aromatic heterocycles. The van der Waals surface area contributed by atoms with Gasteiger partial charge in [-0.3, -0.25) is 0 Å². The van der Waals surface area contributed by atoms with E-state index >= 15 is 0 Å². The molecule has 1 aromatic carbocycles. The molecule has 0 aliphatic carbocycles. The largest absolute Gasteiger partial charge is 0.378 e. The molecule has 5 heteroatoms. The molecule has 0 N–H and O–H groups in total. The first kappa shape index (κ1) is 14.8. The summed E-state index contributed by atoms with van der Waals surface area (Å²) in [6, 6.07) is 10.8. The van der Waals surface area contributed by atoms with Crippen molar-refractivity contribution in [2.45, 2.75) is 13.5 Å². The van der Waals surface area contributed by atoms with Crippen LogP contribution >= 0.6 is 11.3 Å². The average Bonchev–Trinajstić information content (AvgIpc) is 3.01. The zero-order valence-electron chi connectivity index (χ0n) is 13.2. The Morgan fingerprint density at radius 1 is 1.05 bits per heavy atom. The van der Waals surface area contributed by atoms with Crippen molar-refractivity contribution in [3.63, 3.8) is 0 Å². The van der Waals surface area contributed by atoms with Crippen LogP contribution in [0.3, 0.4) is 0 Å². The van der Waals surface area contributed by atoms with Crippen LogP contribution in [0.15, 0.2) is 42.0 Å². The number of anilines is 2. The van der Waals surface area contributed by atoms with Crippen LogP contribution in [0, 0.1) is 0 Å². The van der Waals surface area contributed by atoms with Crippen LogP contribution in [0.4, 0.5) is 11.5 Å². The summed E-state index contributed by atoms with van der Waals surface area (Å²) in [6.07, 6.45) is 1.66. The van der Waals surface area contributed by atoms with E-state index in [-0.39, 0.29) is 0 Å². The van der Waals surface area contributed by atoms with Crippen LogP contribution < -0.4 is 9.80 Å². The molecule has 3 aromatic rings. The summed E-state index contributed by atoms with van der Waals surface area (Å²) in [4.78, 5) is 14.3. The van der Waals surface area contributed by atoms with Crippen molar-refractivity contribution < 1.29 is 0 Å². The number of rotatable bonds is 5. The third kappa shape index (κ3) is 2.90. The lowest BCUT2D eigenvalue weighted by molar-refractivity contribution is 0.816. The topological polar surface area (TPSA) is 32.3 Å². The second-order valence-corrected chi connectivity index (χ2v) is 6.31.